The van der Waals surface area contributed by atoms with E-state index >= 15 is 0 Å². The summed E-state index contributed by atoms with van der Waals surface area (Å²) in [6, 6.07) is 9.16. The number of pyridine rings is 1. The summed E-state index contributed by atoms with van der Waals surface area (Å²) in [6.45, 7) is 0. The molecular formula is C13H13N3OS. The van der Waals surface area contributed by atoms with E-state index in [-0.39, 0.29) is 0 Å². The van der Waals surface area contributed by atoms with Crippen molar-refractivity contribution in [1.82, 2.24) is 4.98 Å². The predicted molar refractivity (Wildman–Crippen MR) is 73.2 cm³/mol. The molecule has 1 heterocycles. The molecule has 2 aromatic rings. The van der Waals surface area contributed by atoms with Crippen LogP contribution in [0.3, 0.4) is 0 Å². The van der Waals surface area contributed by atoms with E-state index in [4.69, 9.17) is 11.5 Å². The molecule has 0 radical (unpaired) electrons. The minimum atomic E-state index is -0.412. The Kier molecular flexibility index (Phi) is 3.84. The second-order valence-electron chi connectivity index (χ2n) is 3.77. The lowest BCUT2D eigenvalue weighted by Gasteiger charge is -2.05. The van der Waals surface area contributed by atoms with E-state index in [2.05, 4.69) is 4.98 Å². The van der Waals surface area contributed by atoms with Crippen LogP contribution in [0, 0.1) is 0 Å². The van der Waals surface area contributed by atoms with Crippen molar-refractivity contribution in [3.8, 4) is 0 Å². The summed E-state index contributed by atoms with van der Waals surface area (Å²) in [5, 5.41) is 0. The van der Waals surface area contributed by atoms with Gasteiger partial charge in [-0.15, -0.1) is 11.8 Å². The van der Waals surface area contributed by atoms with E-state index in [1.807, 2.05) is 18.2 Å². The fraction of sp³-hybridized carbons (Fsp3) is 0.0769. The Bertz CT molecular complexity index is 572. The van der Waals surface area contributed by atoms with E-state index in [0.717, 1.165) is 16.2 Å². The molecule has 0 aliphatic rings. The van der Waals surface area contributed by atoms with Crippen molar-refractivity contribution in [2.45, 2.75) is 10.6 Å². The fourth-order valence-corrected chi connectivity index (χ4v) is 2.38. The van der Waals surface area contributed by atoms with E-state index < -0.39 is 5.91 Å². The van der Waals surface area contributed by atoms with E-state index in [1.165, 1.54) is 0 Å². The van der Waals surface area contributed by atoms with Crippen molar-refractivity contribution in [3.05, 3.63) is 53.9 Å². The predicted octanol–water partition coefficient (Wildman–Crippen LogP) is 2.05. The van der Waals surface area contributed by atoms with Crippen LogP contribution in [0.5, 0.6) is 0 Å². The number of nitrogens with zero attached hydrogens (tertiary/aromatic N) is 1. The molecule has 4 nitrogen and oxygen atoms in total. The summed E-state index contributed by atoms with van der Waals surface area (Å²) in [7, 11) is 0. The third-order valence-corrected chi connectivity index (χ3v) is 3.58. The third-order valence-electron chi connectivity index (χ3n) is 2.42. The summed E-state index contributed by atoms with van der Waals surface area (Å²) < 4.78 is 0. The molecule has 0 saturated heterocycles. The Morgan fingerprint density at radius 3 is 2.89 bits per heavy atom. The minimum Gasteiger partial charge on any atom is -0.397 e. The molecule has 1 amide bonds. The summed E-state index contributed by atoms with van der Waals surface area (Å²) in [6.07, 6.45) is 3.33. The van der Waals surface area contributed by atoms with Gasteiger partial charge >= 0.3 is 0 Å². The van der Waals surface area contributed by atoms with Gasteiger partial charge in [0.1, 0.15) is 0 Å². The Labute approximate surface area is 109 Å². The van der Waals surface area contributed by atoms with Crippen LogP contribution in [-0.2, 0) is 5.75 Å². The SMILES string of the molecule is NC(=O)c1cccc(CSc2ccncc2N)c1. The normalized spacial score (nSPS) is 10.2. The van der Waals surface area contributed by atoms with Gasteiger partial charge in [-0.25, -0.2) is 0 Å². The molecule has 0 aliphatic heterocycles. The number of hydrogen-bond acceptors (Lipinski definition) is 4. The number of aromatic nitrogens is 1. The average Bonchev–Trinajstić information content (AvgIpc) is 2.38. The van der Waals surface area contributed by atoms with Crippen LogP contribution in [0.25, 0.3) is 0 Å². The van der Waals surface area contributed by atoms with Crippen molar-refractivity contribution >= 4 is 23.4 Å². The number of amides is 1. The lowest BCUT2D eigenvalue weighted by Crippen LogP contribution is -2.10. The van der Waals surface area contributed by atoms with Gasteiger partial charge in [0.2, 0.25) is 5.91 Å². The Morgan fingerprint density at radius 1 is 1.33 bits per heavy atom. The molecule has 1 aromatic heterocycles. The molecule has 18 heavy (non-hydrogen) atoms. The molecule has 5 heteroatoms. The first kappa shape index (κ1) is 12.4. The van der Waals surface area contributed by atoms with Crippen LogP contribution in [0.4, 0.5) is 5.69 Å². The lowest BCUT2D eigenvalue weighted by molar-refractivity contribution is 0.1000. The molecule has 0 aliphatic carbocycles. The van der Waals surface area contributed by atoms with Crippen molar-refractivity contribution in [2.24, 2.45) is 5.73 Å². The van der Waals surface area contributed by atoms with Crippen LogP contribution >= 0.6 is 11.8 Å². The summed E-state index contributed by atoms with van der Waals surface area (Å²) >= 11 is 1.60. The molecule has 0 atom stereocenters. The molecule has 0 saturated carbocycles. The van der Waals surface area contributed by atoms with Crippen molar-refractivity contribution in [2.75, 3.05) is 5.73 Å². The Hall–Kier alpha value is -2.01. The summed E-state index contributed by atoms with van der Waals surface area (Å²) in [5.74, 6) is 0.320. The molecule has 92 valence electrons. The smallest absolute Gasteiger partial charge is 0.248 e. The van der Waals surface area contributed by atoms with Gasteiger partial charge in [0.05, 0.1) is 11.9 Å². The number of hydrogen-bond donors (Lipinski definition) is 2. The van der Waals surface area contributed by atoms with Crippen molar-refractivity contribution in [1.29, 1.82) is 0 Å². The fourth-order valence-electron chi connectivity index (χ4n) is 1.50. The Balaban J connectivity index is 2.09. The monoisotopic (exact) mass is 259 g/mol. The average molecular weight is 259 g/mol. The number of rotatable bonds is 4. The topological polar surface area (TPSA) is 82.0 Å². The van der Waals surface area contributed by atoms with Gasteiger partial charge in [0, 0.05) is 22.4 Å². The molecule has 0 fully saturated rings. The highest BCUT2D eigenvalue weighted by molar-refractivity contribution is 7.98. The van der Waals surface area contributed by atoms with Crippen LogP contribution in [-0.4, -0.2) is 10.9 Å². The van der Waals surface area contributed by atoms with Gasteiger partial charge < -0.3 is 11.5 Å². The molecule has 0 bridgehead atoms. The number of carbonyl (C=O) groups excluding carboxylic acids is 1. The highest BCUT2D eigenvalue weighted by Crippen LogP contribution is 2.27. The standard InChI is InChI=1S/C13H13N3OS/c14-11-7-16-5-4-12(11)18-8-9-2-1-3-10(6-9)13(15)17/h1-7H,8,14H2,(H2,15,17). The maximum absolute atomic E-state index is 11.1. The highest BCUT2D eigenvalue weighted by atomic mass is 32.2. The van der Waals surface area contributed by atoms with Crippen LogP contribution in [0.1, 0.15) is 15.9 Å². The summed E-state index contributed by atoms with van der Waals surface area (Å²) in [5.41, 5.74) is 13.3. The first-order chi connectivity index (χ1) is 8.66. The maximum Gasteiger partial charge on any atom is 0.248 e. The van der Waals surface area contributed by atoms with Crippen molar-refractivity contribution in [3.63, 3.8) is 0 Å². The third kappa shape index (κ3) is 3.01. The second kappa shape index (κ2) is 5.55. The van der Waals surface area contributed by atoms with Crippen LogP contribution in [0.2, 0.25) is 0 Å². The zero-order chi connectivity index (χ0) is 13.0. The molecule has 1 aromatic carbocycles. The minimum absolute atomic E-state index is 0.412. The van der Waals surface area contributed by atoms with Gasteiger partial charge in [-0.05, 0) is 23.8 Å². The first-order valence-corrected chi connectivity index (χ1v) is 6.36. The lowest BCUT2D eigenvalue weighted by atomic mass is 10.1. The summed E-state index contributed by atoms with van der Waals surface area (Å²) in [4.78, 5) is 16.0. The molecule has 2 rings (SSSR count). The molecular weight excluding hydrogens is 246 g/mol. The van der Waals surface area contributed by atoms with Gasteiger partial charge in [-0.1, -0.05) is 12.1 Å². The Morgan fingerprint density at radius 2 is 2.17 bits per heavy atom. The number of benzene rings is 1. The molecule has 0 unspecified atom stereocenters. The number of thioether (sulfide) groups is 1. The molecule has 0 spiro atoms. The molecule has 4 N–H and O–H groups in total. The van der Waals surface area contributed by atoms with Gasteiger partial charge in [0.25, 0.3) is 0 Å². The maximum atomic E-state index is 11.1. The van der Waals surface area contributed by atoms with Crippen LogP contribution < -0.4 is 11.5 Å². The van der Waals surface area contributed by atoms with E-state index in [1.54, 1.807) is 36.3 Å². The van der Waals surface area contributed by atoms with E-state index in [9.17, 15) is 4.79 Å². The van der Waals surface area contributed by atoms with Gasteiger partial charge in [-0.3, -0.25) is 9.78 Å². The van der Waals surface area contributed by atoms with Gasteiger partial charge in [0.15, 0.2) is 0 Å². The number of carbonyl (C=O) groups is 1. The second-order valence-corrected chi connectivity index (χ2v) is 4.78. The van der Waals surface area contributed by atoms with E-state index in [0.29, 0.717) is 11.3 Å². The first-order valence-electron chi connectivity index (χ1n) is 5.38. The van der Waals surface area contributed by atoms with Gasteiger partial charge in [-0.2, -0.15) is 0 Å². The number of nitrogens with two attached hydrogens (primary N) is 2. The highest BCUT2D eigenvalue weighted by Gasteiger charge is 2.03. The van der Waals surface area contributed by atoms with Crippen LogP contribution in [0.15, 0.2) is 47.6 Å². The zero-order valence-corrected chi connectivity index (χ0v) is 10.5. The number of primary amides is 1. The number of nitrogen functional groups attached to an aromatic ring is 1. The zero-order valence-electron chi connectivity index (χ0n) is 9.67. The number of anilines is 1. The largest absolute Gasteiger partial charge is 0.397 e. The quantitative estimate of drug-likeness (QED) is 0.823. The van der Waals surface area contributed by atoms with Crippen molar-refractivity contribution < 1.29 is 4.79 Å².